The number of nitrogens with one attached hydrogen (secondary N) is 2. The average molecular weight is 749 g/mol. The maximum atomic E-state index is 13.4. The molecule has 5 aliphatic rings. The van der Waals surface area contributed by atoms with E-state index in [-0.39, 0.29) is 38.2 Å². The van der Waals surface area contributed by atoms with E-state index in [1.54, 1.807) is 0 Å². The minimum atomic E-state index is -1.22. The van der Waals surface area contributed by atoms with Crippen molar-refractivity contribution in [3.63, 3.8) is 0 Å². The first kappa shape index (κ1) is 35.4. The molecule has 16 nitrogen and oxygen atoms in total. The van der Waals surface area contributed by atoms with Crippen LogP contribution in [0.5, 0.6) is 11.5 Å². The highest BCUT2D eigenvalue weighted by Crippen LogP contribution is 2.46. The number of phenolic OH excluding ortho intramolecular Hbond substituents is 2. The fourth-order valence-corrected chi connectivity index (χ4v) is 9.04. The Morgan fingerprint density at radius 1 is 1.26 bits per heavy atom. The summed E-state index contributed by atoms with van der Waals surface area (Å²) in [6.45, 7) is 4.60. The first-order valence-electron chi connectivity index (χ1n) is 15.7. The van der Waals surface area contributed by atoms with Crippen LogP contribution in [0, 0.1) is 5.41 Å². The molecule has 19 heteroatoms. The normalized spacial score (nSPS) is 26.5. The number of carbonyl (C=O) groups excluding carboxylic acids is 4. The van der Waals surface area contributed by atoms with Crippen LogP contribution < -0.4 is 16.4 Å². The number of carboxylic acid groups (broad SMARTS) is 1. The number of aromatic hydroxyl groups is 2. The number of aliphatic carboxylic acids is 1. The summed E-state index contributed by atoms with van der Waals surface area (Å²) < 4.78 is 0.669. The highest BCUT2D eigenvalue weighted by molar-refractivity contribution is 8.00. The lowest BCUT2D eigenvalue weighted by Gasteiger charge is -2.56. The van der Waals surface area contributed by atoms with Crippen molar-refractivity contribution in [3.05, 3.63) is 45.1 Å². The number of phenols is 2. The number of hydrogen-bond donors (Lipinski definition) is 6. The van der Waals surface area contributed by atoms with Crippen LogP contribution >= 0.6 is 34.7 Å². The number of halogens is 1. The van der Waals surface area contributed by atoms with Gasteiger partial charge in [0, 0.05) is 47.9 Å². The third-order valence-corrected chi connectivity index (χ3v) is 12.3. The highest BCUT2D eigenvalue weighted by Gasteiger charge is 2.56. The number of aldehydes is 1. The molecule has 4 fully saturated rings. The second-order valence-corrected chi connectivity index (χ2v) is 15.3. The van der Waals surface area contributed by atoms with E-state index in [4.69, 9.17) is 22.2 Å². The van der Waals surface area contributed by atoms with Crippen molar-refractivity contribution in [3.8, 4) is 11.5 Å². The van der Waals surface area contributed by atoms with Crippen LogP contribution in [0.15, 0.2) is 33.9 Å². The van der Waals surface area contributed by atoms with E-state index in [1.807, 2.05) is 0 Å². The number of fused-ring (bicyclic) bond motifs is 4. The second kappa shape index (κ2) is 13.7. The number of benzene rings is 1. The molecule has 1 aromatic carbocycles. The molecule has 6 heterocycles. The van der Waals surface area contributed by atoms with Crippen molar-refractivity contribution in [2.45, 2.75) is 43.7 Å². The van der Waals surface area contributed by atoms with Crippen LogP contribution in [0.4, 0.5) is 5.13 Å². The van der Waals surface area contributed by atoms with E-state index in [9.17, 15) is 39.3 Å². The lowest BCUT2D eigenvalue weighted by molar-refractivity contribution is -0.941. The number of hydrogen-bond acceptors (Lipinski definition) is 13. The van der Waals surface area contributed by atoms with Crippen molar-refractivity contribution in [2.24, 2.45) is 10.6 Å². The predicted molar refractivity (Wildman–Crippen MR) is 182 cm³/mol. The molecule has 0 radical (unpaired) electrons. The summed E-state index contributed by atoms with van der Waals surface area (Å²) >= 11 is 8.51. The van der Waals surface area contributed by atoms with Gasteiger partial charge in [0.2, 0.25) is 0 Å². The van der Waals surface area contributed by atoms with Gasteiger partial charge in [0.15, 0.2) is 34.7 Å². The Morgan fingerprint density at radius 2 is 1.96 bits per heavy atom. The number of thioether (sulfide) groups is 1. The summed E-state index contributed by atoms with van der Waals surface area (Å²) in [5.41, 5.74) is 6.05. The average Bonchev–Trinajstić information content (AvgIpc) is 3.54. The topological polar surface area (TPSA) is 234 Å². The van der Waals surface area contributed by atoms with Gasteiger partial charge in [-0.25, -0.2) is 9.78 Å². The number of thiazole rings is 1. The zero-order chi connectivity index (χ0) is 36.0. The van der Waals surface area contributed by atoms with E-state index in [1.165, 1.54) is 41.1 Å². The van der Waals surface area contributed by atoms with Gasteiger partial charge in [0.05, 0.1) is 30.2 Å². The molecule has 7 rings (SSSR count). The zero-order valence-electron chi connectivity index (χ0n) is 26.8. The van der Waals surface area contributed by atoms with Crippen molar-refractivity contribution in [1.82, 2.24) is 20.5 Å². The van der Waals surface area contributed by atoms with E-state index in [0.717, 1.165) is 50.2 Å². The number of oxime groups is 1. The lowest BCUT2D eigenvalue weighted by Crippen LogP contribution is -2.71. The number of nitrogens with two attached hydrogens (primary N) is 1. The van der Waals surface area contributed by atoms with Crippen molar-refractivity contribution < 1.29 is 48.6 Å². The molecule has 3 atom stereocenters. The van der Waals surface area contributed by atoms with Gasteiger partial charge in [0.25, 0.3) is 17.7 Å². The van der Waals surface area contributed by atoms with Crippen LogP contribution in [-0.4, -0.2) is 121 Å². The summed E-state index contributed by atoms with van der Waals surface area (Å²) in [6, 6.07) is 1.53. The molecule has 0 saturated carbocycles. The number of anilines is 1. The van der Waals surface area contributed by atoms with Crippen LogP contribution in [-0.2, 0) is 24.0 Å². The third-order valence-electron chi connectivity index (χ3n) is 9.86. The highest BCUT2D eigenvalue weighted by atomic mass is 35.5. The SMILES string of the molecule is C[C@@H](C=O)O/N=C(\C(=O)N[C@@H]1C(=O)N2C(C(=O)O)=C(C[N+]34CCC(CNC(=O)c5ccc(O)c(O)c5Cl)(CC3)CC4)CS[C@H]12)c1csc(N)n1. The monoisotopic (exact) mass is 748 g/mol. The van der Waals surface area contributed by atoms with E-state index < -0.39 is 52.7 Å². The van der Waals surface area contributed by atoms with E-state index in [2.05, 4.69) is 20.8 Å². The van der Waals surface area contributed by atoms with Gasteiger partial charge in [0.1, 0.15) is 29.4 Å². The molecule has 7 N–H and O–H groups in total. The molecular formula is C31H35ClN7O9S2+. The lowest BCUT2D eigenvalue weighted by atomic mass is 9.70. The van der Waals surface area contributed by atoms with Gasteiger partial charge in [-0.05, 0) is 19.1 Å². The molecule has 50 heavy (non-hydrogen) atoms. The fourth-order valence-electron chi connectivity index (χ4n) is 6.91. The first-order chi connectivity index (χ1) is 23.8. The number of piperidine rings is 3. The Hall–Kier alpha value is -4.39. The van der Waals surface area contributed by atoms with Gasteiger partial charge < -0.3 is 41.0 Å². The fraction of sp³-hybridized carbons (Fsp3) is 0.452. The molecule has 1 aromatic heterocycles. The van der Waals surface area contributed by atoms with Crippen molar-refractivity contribution in [1.29, 1.82) is 0 Å². The molecule has 2 aromatic rings. The number of β-lactam (4-membered cyclic amide) rings is 1. The predicted octanol–water partition coefficient (Wildman–Crippen LogP) is 1.27. The van der Waals surface area contributed by atoms with Gasteiger partial charge >= 0.3 is 5.97 Å². The molecule has 0 aliphatic carbocycles. The number of rotatable bonds is 12. The van der Waals surface area contributed by atoms with E-state index >= 15 is 0 Å². The zero-order valence-corrected chi connectivity index (χ0v) is 29.1. The van der Waals surface area contributed by atoms with Gasteiger partial charge in [-0.15, -0.1) is 23.1 Å². The molecule has 3 amide bonds. The van der Waals surface area contributed by atoms with Gasteiger partial charge in [-0.2, -0.15) is 0 Å². The first-order valence-corrected chi connectivity index (χ1v) is 18.0. The maximum Gasteiger partial charge on any atom is 0.352 e. The maximum absolute atomic E-state index is 13.4. The van der Waals surface area contributed by atoms with Crippen LogP contribution in [0.25, 0.3) is 0 Å². The Balaban J connectivity index is 1.10. The summed E-state index contributed by atoms with van der Waals surface area (Å²) in [5, 5.41) is 40.0. The van der Waals surface area contributed by atoms with Gasteiger partial charge in [-0.1, -0.05) is 16.8 Å². The second-order valence-electron chi connectivity index (χ2n) is 13.0. The molecule has 2 bridgehead atoms. The number of carbonyl (C=O) groups is 5. The number of quaternary nitrogens is 1. The number of nitrogens with zero attached hydrogens (tertiary/aromatic N) is 4. The van der Waals surface area contributed by atoms with Crippen LogP contribution in [0.3, 0.4) is 0 Å². The van der Waals surface area contributed by atoms with Crippen LogP contribution in [0.1, 0.15) is 42.2 Å². The Labute approximate surface area is 298 Å². The molecular weight excluding hydrogens is 714 g/mol. The summed E-state index contributed by atoms with van der Waals surface area (Å²) in [5.74, 6) is -3.64. The molecule has 266 valence electrons. The summed E-state index contributed by atoms with van der Waals surface area (Å²) in [6.07, 6.45) is 1.95. The molecule has 0 unspecified atom stereocenters. The standard InChI is InChI=1S/C31H34ClN7O9S2/c1-15(11-40)48-37-21(18-13-50-30(33)35-18)26(44)36-22-27(45)38-23(29(46)47)16(12-49-28(22)38)10-39-7-4-31(5-8-39,6-9-39)14-34-25(43)17-2-3-19(41)24(42)20(17)32/h2-3,11,13,15,22,28H,4-10,12,14H2,1H3,(H6-,33,34,35,36,37,41,42,43,44,46,47)/p+1/t15-,22+,28+,31?,39?/m0/s1. The largest absolute Gasteiger partial charge is 0.504 e. The number of amides is 3. The van der Waals surface area contributed by atoms with E-state index in [0.29, 0.717) is 35.2 Å². The third kappa shape index (κ3) is 6.59. The number of nitrogen functional groups attached to an aromatic ring is 1. The Morgan fingerprint density at radius 3 is 2.58 bits per heavy atom. The van der Waals surface area contributed by atoms with Crippen molar-refractivity contribution >= 4 is 75.5 Å². The van der Waals surface area contributed by atoms with Crippen molar-refractivity contribution in [2.75, 3.05) is 44.2 Å². The quantitative estimate of drug-likeness (QED) is 0.0450. The number of aromatic nitrogens is 1. The molecule has 0 spiro atoms. The summed E-state index contributed by atoms with van der Waals surface area (Å²) in [7, 11) is 0. The Bertz CT molecular complexity index is 1810. The Kier molecular flexibility index (Phi) is 9.73. The molecule has 4 saturated heterocycles. The minimum absolute atomic E-state index is 0.0650. The number of carboxylic acids is 1. The smallest absolute Gasteiger partial charge is 0.352 e. The van der Waals surface area contributed by atoms with Gasteiger partial charge in [-0.3, -0.25) is 24.1 Å². The molecule has 5 aliphatic heterocycles. The van der Waals surface area contributed by atoms with Crippen LogP contribution in [0.2, 0.25) is 5.02 Å². The minimum Gasteiger partial charge on any atom is -0.504 e. The summed E-state index contributed by atoms with van der Waals surface area (Å²) in [4.78, 5) is 73.6.